The van der Waals surface area contributed by atoms with Gasteiger partial charge >= 0.3 is 6.03 Å². The monoisotopic (exact) mass is 335 g/mol. The Balaban J connectivity index is 1.48. The van der Waals surface area contributed by atoms with E-state index in [4.69, 9.17) is 0 Å². The molecule has 1 aliphatic heterocycles. The fourth-order valence-electron chi connectivity index (χ4n) is 2.99. The van der Waals surface area contributed by atoms with Crippen molar-refractivity contribution in [2.24, 2.45) is 0 Å². The number of carbonyl (C=O) groups is 1. The maximum Gasteiger partial charge on any atom is 0.322 e. The second kappa shape index (κ2) is 6.27. The summed E-state index contributed by atoms with van der Waals surface area (Å²) in [5.41, 5.74) is 4.48. The predicted molar refractivity (Wildman–Crippen MR) is 93.1 cm³/mol. The first-order valence-corrected chi connectivity index (χ1v) is 8.00. The normalized spacial score (nSPS) is 13.4. The van der Waals surface area contributed by atoms with E-state index in [1.54, 1.807) is 35.6 Å². The molecule has 3 N–H and O–H groups in total. The molecule has 25 heavy (non-hydrogen) atoms. The fourth-order valence-corrected chi connectivity index (χ4v) is 2.99. The Morgan fingerprint density at radius 1 is 1.20 bits per heavy atom. The number of nitrogens with zero attached hydrogens (tertiary/aromatic N) is 3. The van der Waals surface area contributed by atoms with Crippen LogP contribution in [0, 0.1) is 0 Å². The molecule has 0 atom stereocenters. The van der Waals surface area contributed by atoms with E-state index in [1.165, 1.54) is 0 Å². The van der Waals surface area contributed by atoms with Crippen LogP contribution in [-0.4, -0.2) is 37.8 Å². The van der Waals surface area contributed by atoms with Gasteiger partial charge in [0.2, 0.25) is 0 Å². The van der Waals surface area contributed by atoms with Crippen LogP contribution in [0.15, 0.2) is 48.9 Å². The van der Waals surface area contributed by atoms with Crippen LogP contribution in [0.5, 0.6) is 5.75 Å². The van der Waals surface area contributed by atoms with Crippen molar-refractivity contribution < 1.29 is 9.90 Å². The maximum atomic E-state index is 12.6. The number of urea groups is 1. The minimum Gasteiger partial charge on any atom is -0.508 e. The lowest BCUT2D eigenvalue weighted by atomic mass is 10.00. The Bertz CT molecular complexity index is 908. The molecule has 1 aliphatic rings. The van der Waals surface area contributed by atoms with Crippen molar-refractivity contribution in [2.75, 3.05) is 11.9 Å². The first kappa shape index (κ1) is 15.2. The van der Waals surface area contributed by atoms with E-state index in [1.807, 2.05) is 18.2 Å². The summed E-state index contributed by atoms with van der Waals surface area (Å²) in [5.74, 6) is 0.262. The molecule has 7 nitrogen and oxygen atoms in total. The summed E-state index contributed by atoms with van der Waals surface area (Å²) in [6.45, 7) is 1.13. The van der Waals surface area contributed by atoms with Crippen LogP contribution in [0.1, 0.15) is 11.1 Å². The third-order valence-electron chi connectivity index (χ3n) is 4.29. The fraction of sp³-hybridized carbons (Fsp3) is 0.167. The minimum absolute atomic E-state index is 0.165. The van der Waals surface area contributed by atoms with Gasteiger partial charge in [-0.05, 0) is 41.8 Å². The summed E-state index contributed by atoms with van der Waals surface area (Å²) in [5, 5.41) is 19.3. The molecule has 1 aromatic carbocycles. The molecule has 0 saturated carbocycles. The molecule has 126 valence electrons. The zero-order valence-electron chi connectivity index (χ0n) is 13.4. The lowest BCUT2D eigenvalue weighted by molar-refractivity contribution is 0.206. The molecule has 2 aromatic heterocycles. The van der Waals surface area contributed by atoms with Crippen molar-refractivity contribution in [3.05, 3.63) is 60.0 Å². The highest BCUT2D eigenvalue weighted by molar-refractivity contribution is 5.90. The largest absolute Gasteiger partial charge is 0.508 e. The van der Waals surface area contributed by atoms with Crippen molar-refractivity contribution in [1.82, 2.24) is 20.1 Å². The van der Waals surface area contributed by atoms with Gasteiger partial charge in [-0.2, -0.15) is 5.10 Å². The predicted octanol–water partition coefficient (Wildman–Crippen LogP) is 2.77. The highest BCUT2D eigenvalue weighted by Crippen LogP contribution is 2.24. The second-order valence-corrected chi connectivity index (χ2v) is 5.99. The van der Waals surface area contributed by atoms with E-state index in [2.05, 4.69) is 20.5 Å². The summed E-state index contributed by atoms with van der Waals surface area (Å²) >= 11 is 0. The van der Waals surface area contributed by atoms with Crippen LogP contribution in [0.4, 0.5) is 10.5 Å². The van der Waals surface area contributed by atoms with Gasteiger partial charge in [-0.25, -0.2) is 4.79 Å². The van der Waals surface area contributed by atoms with E-state index >= 15 is 0 Å². The first-order chi connectivity index (χ1) is 12.2. The molecule has 0 spiro atoms. The number of nitrogens with one attached hydrogen (secondary N) is 2. The standard InChI is InChI=1S/C18H17N5O2/c24-16-2-1-13-11-23(6-4-12(13)8-16)18(25)21-15-7-14(9-19-10-15)17-3-5-20-22-17/h1-3,5,7-10,24H,4,6,11H2,(H,20,22)(H,21,25). The van der Waals surface area contributed by atoms with Gasteiger partial charge in [-0.3, -0.25) is 10.1 Å². The number of amides is 2. The topological polar surface area (TPSA) is 94.1 Å². The molecule has 7 heteroatoms. The average Bonchev–Trinajstić information content (AvgIpc) is 3.16. The zero-order chi connectivity index (χ0) is 17.2. The number of H-pyrrole nitrogens is 1. The Kier molecular flexibility index (Phi) is 3.81. The van der Waals surface area contributed by atoms with Crippen molar-refractivity contribution in [3.8, 4) is 17.0 Å². The minimum atomic E-state index is -0.165. The number of aromatic amines is 1. The molecular weight excluding hydrogens is 318 g/mol. The lowest BCUT2D eigenvalue weighted by Crippen LogP contribution is -2.38. The Morgan fingerprint density at radius 3 is 2.96 bits per heavy atom. The Morgan fingerprint density at radius 2 is 2.12 bits per heavy atom. The van der Waals surface area contributed by atoms with Gasteiger partial charge in [0.1, 0.15) is 5.75 Å². The Hall–Kier alpha value is -3.35. The van der Waals surface area contributed by atoms with Gasteiger partial charge in [0, 0.05) is 31.0 Å². The quantitative estimate of drug-likeness (QED) is 0.671. The highest BCUT2D eigenvalue weighted by Gasteiger charge is 2.21. The molecule has 2 amide bonds. The van der Waals surface area contributed by atoms with Crippen molar-refractivity contribution in [3.63, 3.8) is 0 Å². The van der Waals surface area contributed by atoms with Crippen LogP contribution in [-0.2, 0) is 13.0 Å². The molecule has 0 fully saturated rings. The summed E-state index contributed by atoms with van der Waals surface area (Å²) in [7, 11) is 0. The number of anilines is 1. The molecule has 4 rings (SSSR count). The van der Waals surface area contributed by atoms with Crippen LogP contribution in [0.25, 0.3) is 11.3 Å². The molecule has 0 unspecified atom stereocenters. The summed E-state index contributed by atoms with van der Waals surface area (Å²) in [4.78, 5) is 18.5. The van der Waals surface area contributed by atoms with E-state index in [9.17, 15) is 9.90 Å². The number of aromatic hydroxyl groups is 1. The van der Waals surface area contributed by atoms with Gasteiger partial charge in [-0.1, -0.05) is 6.07 Å². The SMILES string of the molecule is O=C(Nc1cncc(-c2ccn[nH]2)c1)N1CCc2cc(O)ccc2C1. The van der Waals surface area contributed by atoms with E-state index in [0.29, 0.717) is 18.8 Å². The van der Waals surface area contributed by atoms with E-state index in [-0.39, 0.29) is 11.8 Å². The van der Waals surface area contributed by atoms with Gasteiger partial charge in [-0.15, -0.1) is 0 Å². The number of hydrogen-bond acceptors (Lipinski definition) is 4. The molecule has 0 saturated heterocycles. The number of hydrogen-bond donors (Lipinski definition) is 3. The number of benzene rings is 1. The molecule has 0 aliphatic carbocycles. The van der Waals surface area contributed by atoms with Crippen LogP contribution < -0.4 is 5.32 Å². The van der Waals surface area contributed by atoms with Gasteiger partial charge in [0.25, 0.3) is 0 Å². The summed E-state index contributed by atoms with van der Waals surface area (Å²) in [6.07, 6.45) is 5.73. The number of pyridine rings is 1. The van der Waals surface area contributed by atoms with E-state index < -0.39 is 0 Å². The maximum absolute atomic E-state index is 12.6. The first-order valence-electron chi connectivity index (χ1n) is 8.00. The molecule has 0 bridgehead atoms. The number of phenolic OH excluding ortho intramolecular Hbond substituents is 1. The smallest absolute Gasteiger partial charge is 0.322 e. The molecule has 0 radical (unpaired) electrons. The number of carbonyl (C=O) groups excluding carboxylic acids is 1. The summed E-state index contributed by atoms with van der Waals surface area (Å²) in [6, 6.07) is 8.82. The van der Waals surface area contributed by atoms with Crippen LogP contribution in [0.3, 0.4) is 0 Å². The average molecular weight is 335 g/mol. The van der Waals surface area contributed by atoms with Crippen molar-refractivity contribution >= 4 is 11.7 Å². The molecular formula is C18H17N5O2. The van der Waals surface area contributed by atoms with Gasteiger partial charge in [0.05, 0.1) is 17.6 Å². The number of aromatic nitrogens is 3. The van der Waals surface area contributed by atoms with E-state index in [0.717, 1.165) is 28.8 Å². The lowest BCUT2D eigenvalue weighted by Gasteiger charge is -2.29. The van der Waals surface area contributed by atoms with Crippen LogP contribution >= 0.6 is 0 Å². The van der Waals surface area contributed by atoms with Crippen LogP contribution in [0.2, 0.25) is 0 Å². The highest BCUT2D eigenvalue weighted by atomic mass is 16.3. The zero-order valence-corrected chi connectivity index (χ0v) is 13.4. The number of fused-ring (bicyclic) bond motifs is 1. The third-order valence-corrected chi connectivity index (χ3v) is 4.29. The summed E-state index contributed by atoms with van der Waals surface area (Å²) < 4.78 is 0. The number of rotatable bonds is 2. The second-order valence-electron chi connectivity index (χ2n) is 5.99. The van der Waals surface area contributed by atoms with Gasteiger partial charge < -0.3 is 15.3 Å². The van der Waals surface area contributed by atoms with Gasteiger partial charge in [0.15, 0.2) is 0 Å². The van der Waals surface area contributed by atoms with Crippen molar-refractivity contribution in [1.29, 1.82) is 0 Å². The number of phenols is 1. The molecule has 3 heterocycles. The Labute approximate surface area is 144 Å². The van der Waals surface area contributed by atoms with Crippen molar-refractivity contribution in [2.45, 2.75) is 13.0 Å². The third kappa shape index (κ3) is 3.16. The molecule has 3 aromatic rings.